The fourth-order valence-corrected chi connectivity index (χ4v) is 11.3. The van der Waals surface area contributed by atoms with Gasteiger partial charge >= 0.3 is 0 Å². The van der Waals surface area contributed by atoms with Crippen molar-refractivity contribution >= 4 is 60.5 Å². The van der Waals surface area contributed by atoms with Crippen molar-refractivity contribution in [1.29, 1.82) is 0 Å². The molecular formula is C18H20ClN3O6S3. The van der Waals surface area contributed by atoms with Gasteiger partial charge in [-0.3, -0.25) is 14.5 Å². The van der Waals surface area contributed by atoms with Crippen LogP contribution in [0.4, 0.5) is 5.69 Å². The normalized spacial score (nSPS) is 38.3. The fraction of sp³-hybridized carbons (Fsp3) is 0.556. The molecule has 0 radical (unpaired) electrons. The maximum atomic E-state index is 13.8. The van der Waals surface area contributed by atoms with E-state index in [1.807, 2.05) is 0 Å². The second-order valence-corrected chi connectivity index (χ2v) is 12.9. The zero-order valence-electron chi connectivity index (χ0n) is 17.2. The van der Waals surface area contributed by atoms with Gasteiger partial charge in [0.25, 0.3) is 11.8 Å². The third kappa shape index (κ3) is 2.12. The molecule has 4 fully saturated rings. The molecule has 5 aliphatic rings. The van der Waals surface area contributed by atoms with Crippen LogP contribution in [0.15, 0.2) is 6.07 Å². The first-order chi connectivity index (χ1) is 14.5. The van der Waals surface area contributed by atoms with E-state index in [0.717, 1.165) is 10.8 Å². The third-order valence-corrected chi connectivity index (χ3v) is 12.1. The van der Waals surface area contributed by atoms with Crippen molar-refractivity contribution in [3.05, 3.63) is 16.7 Å². The number of rotatable bonds is 2. The molecule has 5 unspecified atom stereocenters. The molecule has 5 aliphatic heterocycles. The largest absolute Gasteiger partial charge is 0.491 e. The Kier molecular flexibility index (Phi) is 4.50. The van der Waals surface area contributed by atoms with Crippen LogP contribution in [0.5, 0.6) is 11.5 Å². The quantitative estimate of drug-likeness (QED) is 0.574. The first kappa shape index (κ1) is 21.7. The summed E-state index contributed by atoms with van der Waals surface area (Å²) in [4.78, 5) is 28.8. The van der Waals surface area contributed by atoms with Gasteiger partial charge in [-0.05, 0) is 44.4 Å². The van der Waals surface area contributed by atoms with Crippen LogP contribution in [0.1, 0.15) is 12.5 Å². The Labute approximate surface area is 195 Å². The van der Waals surface area contributed by atoms with Gasteiger partial charge in [-0.2, -0.15) is 0 Å². The van der Waals surface area contributed by atoms with Crippen LogP contribution in [0.2, 0.25) is 5.02 Å². The van der Waals surface area contributed by atoms with Gasteiger partial charge in [0.2, 0.25) is 4.87 Å². The van der Waals surface area contributed by atoms with Crippen molar-refractivity contribution in [3.8, 4) is 11.5 Å². The molecule has 5 atom stereocenters. The first-order valence-corrected chi connectivity index (χ1v) is 13.1. The minimum absolute atomic E-state index is 0.177. The van der Waals surface area contributed by atoms with Crippen molar-refractivity contribution < 1.29 is 29.3 Å². The van der Waals surface area contributed by atoms with Crippen LogP contribution in [0.3, 0.4) is 0 Å². The number of fused-ring (bicyclic) bond motifs is 6. The molecule has 2 N–H and O–H groups in total. The summed E-state index contributed by atoms with van der Waals surface area (Å²) in [6.07, 6.45) is -2.67. The molecule has 31 heavy (non-hydrogen) atoms. The number of piperazine rings is 1. The minimum Gasteiger partial charge on any atom is -0.491 e. The zero-order valence-corrected chi connectivity index (χ0v) is 20.4. The summed E-state index contributed by atoms with van der Waals surface area (Å²) >= 11 is 6.41. The van der Waals surface area contributed by atoms with Crippen LogP contribution >= 0.6 is 43.0 Å². The number of anilines is 1. The molecule has 1 aromatic carbocycles. The number of amides is 2. The van der Waals surface area contributed by atoms with Crippen molar-refractivity contribution in [2.45, 2.75) is 34.5 Å². The molecule has 13 heteroatoms. The Morgan fingerprint density at radius 1 is 1.13 bits per heavy atom. The number of ether oxygens (including phenoxy) is 2. The zero-order chi connectivity index (χ0) is 22.7. The Bertz CT molecular complexity index is 1050. The fourth-order valence-electron chi connectivity index (χ4n) is 5.09. The van der Waals surface area contributed by atoms with E-state index in [1.54, 1.807) is 25.9 Å². The molecular weight excluding hydrogens is 486 g/mol. The van der Waals surface area contributed by atoms with E-state index in [2.05, 4.69) is 0 Å². The maximum absolute atomic E-state index is 13.8. The highest BCUT2D eigenvalue weighted by Gasteiger charge is 2.81. The summed E-state index contributed by atoms with van der Waals surface area (Å²) in [5.74, 6) is -0.257. The molecule has 0 aromatic heterocycles. The van der Waals surface area contributed by atoms with Gasteiger partial charge in [0.1, 0.15) is 12.3 Å². The highest BCUT2D eigenvalue weighted by molar-refractivity contribution is 9.10. The van der Waals surface area contributed by atoms with E-state index in [9.17, 15) is 19.8 Å². The Hall–Kier alpha value is -1.18. The molecule has 0 aliphatic carbocycles. The number of carbonyl (C=O) groups excluding carboxylic acids is 2. The van der Waals surface area contributed by atoms with Crippen molar-refractivity contribution in [2.24, 2.45) is 0 Å². The van der Waals surface area contributed by atoms with E-state index in [1.165, 1.54) is 50.7 Å². The molecule has 9 nitrogen and oxygen atoms in total. The Morgan fingerprint density at radius 2 is 1.77 bits per heavy atom. The summed E-state index contributed by atoms with van der Waals surface area (Å²) in [6.45, 7) is 1.67. The molecule has 1 spiro atoms. The topological polar surface area (TPSA) is 103 Å². The number of hydrogen-bond acceptors (Lipinski definition) is 10. The van der Waals surface area contributed by atoms with E-state index in [-0.39, 0.29) is 28.0 Å². The Balaban J connectivity index is 1.82. The number of methoxy groups -OCH3 is 2. The number of benzene rings is 1. The monoisotopic (exact) mass is 505 g/mol. The molecule has 2 amide bonds. The van der Waals surface area contributed by atoms with E-state index < -0.39 is 33.5 Å². The second kappa shape index (κ2) is 6.45. The maximum Gasteiger partial charge on any atom is 0.264 e. The number of carbonyl (C=O) groups is 2. The highest BCUT2D eigenvalue weighted by atomic mass is 35.5. The highest BCUT2D eigenvalue weighted by Crippen LogP contribution is 2.69. The van der Waals surface area contributed by atoms with E-state index >= 15 is 0 Å². The summed E-state index contributed by atoms with van der Waals surface area (Å²) in [6, 6.07) is 1.50. The predicted molar refractivity (Wildman–Crippen MR) is 120 cm³/mol. The van der Waals surface area contributed by atoms with E-state index in [4.69, 9.17) is 21.1 Å². The smallest absolute Gasteiger partial charge is 0.264 e. The van der Waals surface area contributed by atoms with E-state index in [0.29, 0.717) is 5.69 Å². The number of aliphatic hydroxyl groups is 2. The molecule has 6 rings (SSSR count). The second-order valence-electron chi connectivity index (χ2n) is 7.99. The van der Waals surface area contributed by atoms with Crippen LogP contribution in [0, 0.1) is 0 Å². The van der Waals surface area contributed by atoms with Crippen LogP contribution in [-0.2, 0) is 15.2 Å². The van der Waals surface area contributed by atoms with Gasteiger partial charge in [0, 0.05) is 19.7 Å². The van der Waals surface area contributed by atoms with Gasteiger partial charge in [0.15, 0.2) is 22.0 Å². The molecule has 4 saturated heterocycles. The number of nitrogens with zero attached hydrogens (tertiary/aromatic N) is 3. The molecule has 2 bridgehead atoms. The lowest BCUT2D eigenvalue weighted by molar-refractivity contribution is -0.166. The van der Waals surface area contributed by atoms with Gasteiger partial charge in [-0.25, -0.2) is 0 Å². The van der Waals surface area contributed by atoms with Gasteiger partial charge in [0.05, 0.1) is 24.9 Å². The lowest BCUT2D eigenvalue weighted by Gasteiger charge is -2.50. The average Bonchev–Trinajstić information content (AvgIpc) is 2.97. The Morgan fingerprint density at radius 3 is 2.39 bits per heavy atom. The number of likely N-dealkylation sites (N-methyl/N-ethyl adjacent to an activating group) is 2. The van der Waals surface area contributed by atoms with Gasteiger partial charge < -0.3 is 29.5 Å². The lowest BCUT2D eigenvalue weighted by Crippen LogP contribution is -2.73. The SMILES string of the molecule is COc1c(Cl)cc2c(c1OC)N(C)C1N3C(=O)C4(C)SSSC3(C(=O)N4C)C(O)C21O. The van der Waals surface area contributed by atoms with Crippen LogP contribution in [0.25, 0.3) is 0 Å². The molecule has 168 valence electrons. The molecule has 0 saturated carbocycles. The van der Waals surface area contributed by atoms with Crippen LogP contribution < -0.4 is 14.4 Å². The molecule has 1 aromatic rings. The predicted octanol–water partition coefficient (Wildman–Crippen LogP) is 1.45. The van der Waals surface area contributed by atoms with Gasteiger partial charge in [-0.1, -0.05) is 11.6 Å². The molecule has 5 heterocycles. The number of aliphatic hydroxyl groups excluding tert-OH is 1. The van der Waals surface area contributed by atoms with Crippen molar-refractivity contribution in [3.63, 3.8) is 0 Å². The van der Waals surface area contributed by atoms with Crippen molar-refractivity contribution in [1.82, 2.24) is 9.80 Å². The third-order valence-electron chi connectivity index (χ3n) is 6.73. The number of halogens is 1. The summed E-state index contributed by atoms with van der Waals surface area (Å²) in [7, 11) is 9.72. The summed E-state index contributed by atoms with van der Waals surface area (Å²) < 4.78 is 10.9. The summed E-state index contributed by atoms with van der Waals surface area (Å²) in [5, 5.41) is 23.8. The standard InChI is InChI=1S/C18H20ClN3O6S3/c1-16-14(24)22-13-17(26,12(23)18(22,30-31-29-16)15(25)21(16)3)7-6-8(19)10(27-4)11(28-5)9(7)20(13)2/h6,12-13,23,26H,1-5H3. The van der Waals surface area contributed by atoms with Crippen LogP contribution in [-0.4, -0.2) is 82.2 Å². The lowest BCUT2D eigenvalue weighted by atomic mass is 9.87. The minimum atomic E-state index is -1.99. The number of hydrogen-bond donors (Lipinski definition) is 2. The summed E-state index contributed by atoms with van der Waals surface area (Å²) in [5.41, 5.74) is -1.28. The average molecular weight is 506 g/mol. The van der Waals surface area contributed by atoms with Gasteiger partial charge in [-0.15, -0.1) is 0 Å². The van der Waals surface area contributed by atoms with Crippen molar-refractivity contribution in [2.75, 3.05) is 33.2 Å². The first-order valence-electron chi connectivity index (χ1n) is 9.27.